The van der Waals surface area contributed by atoms with Gasteiger partial charge in [-0.25, -0.2) is 0 Å². The van der Waals surface area contributed by atoms with Crippen molar-refractivity contribution in [3.8, 4) is 0 Å². The molecule has 2 aromatic rings. The van der Waals surface area contributed by atoms with Crippen molar-refractivity contribution in [3.63, 3.8) is 0 Å². The molecule has 0 aromatic heterocycles. The van der Waals surface area contributed by atoms with Gasteiger partial charge >= 0.3 is 0 Å². The van der Waals surface area contributed by atoms with Crippen LogP contribution in [0.1, 0.15) is 11.1 Å². The Morgan fingerprint density at radius 3 is 2.42 bits per heavy atom. The average molecular weight is 319 g/mol. The van der Waals surface area contributed by atoms with E-state index in [-0.39, 0.29) is 0 Å². The van der Waals surface area contributed by atoms with E-state index in [4.69, 9.17) is 5.73 Å². The zero-order valence-corrected chi connectivity index (χ0v) is 12.9. The molecule has 0 fully saturated rings. The van der Waals surface area contributed by atoms with E-state index in [2.05, 4.69) is 65.1 Å². The number of halogens is 1. The smallest absolute Gasteiger partial charge is 0.0598 e. The maximum atomic E-state index is 6.04. The van der Waals surface area contributed by atoms with E-state index in [1.54, 1.807) is 0 Å². The van der Waals surface area contributed by atoms with E-state index in [1.165, 1.54) is 11.1 Å². The van der Waals surface area contributed by atoms with Gasteiger partial charge in [-0.15, -0.1) is 0 Å². The summed E-state index contributed by atoms with van der Waals surface area (Å²) < 4.78 is 1.01. The van der Waals surface area contributed by atoms with Crippen LogP contribution in [0.15, 0.2) is 46.9 Å². The molecule has 0 unspecified atom stereocenters. The van der Waals surface area contributed by atoms with E-state index in [1.807, 2.05) is 12.1 Å². The second-order valence-electron chi connectivity index (χ2n) is 4.86. The largest absolute Gasteiger partial charge is 0.397 e. The quantitative estimate of drug-likeness (QED) is 0.863. The normalized spacial score (nSPS) is 10.5. The van der Waals surface area contributed by atoms with Gasteiger partial charge < -0.3 is 10.6 Å². The van der Waals surface area contributed by atoms with Crippen molar-refractivity contribution in [3.05, 3.63) is 58.1 Å². The number of benzene rings is 2. The highest BCUT2D eigenvalue weighted by Gasteiger charge is 2.05. The third-order valence-corrected chi connectivity index (χ3v) is 3.75. The molecule has 19 heavy (non-hydrogen) atoms. The van der Waals surface area contributed by atoms with E-state index in [0.29, 0.717) is 0 Å². The van der Waals surface area contributed by atoms with Crippen molar-refractivity contribution >= 4 is 27.3 Å². The third-order valence-electron chi connectivity index (χ3n) is 3.26. The average Bonchev–Trinajstić information content (AvgIpc) is 2.37. The van der Waals surface area contributed by atoms with Crippen molar-refractivity contribution in [2.75, 3.05) is 24.2 Å². The van der Waals surface area contributed by atoms with Crippen LogP contribution in [0, 0.1) is 6.92 Å². The van der Waals surface area contributed by atoms with Gasteiger partial charge in [0.15, 0.2) is 0 Å². The SMILES string of the molecule is Cc1ccc(CCN(C)c2ccc(Br)cc2N)cc1. The molecular weight excluding hydrogens is 300 g/mol. The van der Waals surface area contributed by atoms with Crippen LogP contribution in [0.2, 0.25) is 0 Å². The van der Waals surface area contributed by atoms with Gasteiger partial charge in [0.1, 0.15) is 0 Å². The van der Waals surface area contributed by atoms with Crippen molar-refractivity contribution in [2.45, 2.75) is 13.3 Å². The fraction of sp³-hybridized carbons (Fsp3) is 0.250. The summed E-state index contributed by atoms with van der Waals surface area (Å²) in [7, 11) is 2.08. The Morgan fingerprint density at radius 1 is 1.11 bits per heavy atom. The number of hydrogen-bond donors (Lipinski definition) is 1. The Bertz CT molecular complexity index is 549. The fourth-order valence-corrected chi connectivity index (χ4v) is 2.42. The van der Waals surface area contributed by atoms with Gasteiger partial charge in [-0.2, -0.15) is 0 Å². The van der Waals surface area contributed by atoms with Gasteiger partial charge in [0, 0.05) is 18.1 Å². The molecule has 0 aliphatic carbocycles. The van der Waals surface area contributed by atoms with E-state index in [9.17, 15) is 0 Å². The Kier molecular flexibility index (Phi) is 4.48. The van der Waals surface area contributed by atoms with Crippen LogP contribution >= 0.6 is 15.9 Å². The molecule has 0 bridgehead atoms. The van der Waals surface area contributed by atoms with E-state index < -0.39 is 0 Å². The summed E-state index contributed by atoms with van der Waals surface area (Å²) >= 11 is 3.43. The summed E-state index contributed by atoms with van der Waals surface area (Å²) in [5.41, 5.74) is 10.6. The molecule has 0 saturated heterocycles. The summed E-state index contributed by atoms with van der Waals surface area (Å²) in [6.07, 6.45) is 1.02. The molecule has 2 rings (SSSR count). The van der Waals surface area contributed by atoms with Gasteiger partial charge in [-0.1, -0.05) is 45.8 Å². The number of aryl methyl sites for hydroxylation is 1. The molecule has 0 aliphatic heterocycles. The van der Waals surface area contributed by atoms with Crippen LogP contribution in [0.5, 0.6) is 0 Å². The molecule has 100 valence electrons. The molecule has 0 amide bonds. The molecule has 0 spiro atoms. The minimum atomic E-state index is 0.806. The van der Waals surface area contributed by atoms with Crippen molar-refractivity contribution in [1.29, 1.82) is 0 Å². The predicted octanol–water partition coefficient (Wildman–Crippen LogP) is 4.02. The summed E-state index contributed by atoms with van der Waals surface area (Å²) in [6, 6.07) is 14.7. The molecule has 2 aromatic carbocycles. The first-order valence-corrected chi connectivity index (χ1v) is 7.17. The second kappa shape index (κ2) is 6.11. The molecular formula is C16H19BrN2. The highest BCUT2D eigenvalue weighted by atomic mass is 79.9. The topological polar surface area (TPSA) is 29.3 Å². The highest BCUT2D eigenvalue weighted by Crippen LogP contribution is 2.25. The first-order valence-electron chi connectivity index (χ1n) is 6.38. The van der Waals surface area contributed by atoms with Gasteiger partial charge in [-0.05, 0) is 37.1 Å². The Labute approximate surface area is 123 Å². The monoisotopic (exact) mass is 318 g/mol. The molecule has 2 N–H and O–H groups in total. The number of rotatable bonds is 4. The fourth-order valence-electron chi connectivity index (χ4n) is 2.05. The lowest BCUT2D eigenvalue weighted by Gasteiger charge is -2.21. The number of likely N-dealkylation sites (N-methyl/N-ethyl adjacent to an activating group) is 1. The van der Waals surface area contributed by atoms with Crippen LogP contribution in [0.4, 0.5) is 11.4 Å². The summed E-state index contributed by atoms with van der Waals surface area (Å²) in [6.45, 7) is 3.06. The first-order chi connectivity index (χ1) is 9.06. The maximum absolute atomic E-state index is 6.04. The highest BCUT2D eigenvalue weighted by molar-refractivity contribution is 9.10. The number of nitrogen functional groups attached to an aromatic ring is 1. The van der Waals surface area contributed by atoms with Gasteiger partial charge in [0.2, 0.25) is 0 Å². The van der Waals surface area contributed by atoms with Crippen LogP contribution in [0.25, 0.3) is 0 Å². The molecule has 0 heterocycles. The molecule has 0 atom stereocenters. The lowest BCUT2D eigenvalue weighted by atomic mass is 10.1. The number of anilines is 2. The molecule has 0 aliphatic rings. The maximum Gasteiger partial charge on any atom is 0.0598 e. The number of hydrogen-bond acceptors (Lipinski definition) is 2. The van der Waals surface area contributed by atoms with Gasteiger partial charge in [0.25, 0.3) is 0 Å². The molecule has 2 nitrogen and oxygen atoms in total. The van der Waals surface area contributed by atoms with E-state index >= 15 is 0 Å². The lowest BCUT2D eigenvalue weighted by Crippen LogP contribution is -2.21. The van der Waals surface area contributed by atoms with Crippen LogP contribution < -0.4 is 10.6 Å². The van der Waals surface area contributed by atoms with E-state index in [0.717, 1.165) is 28.8 Å². The van der Waals surface area contributed by atoms with Crippen molar-refractivity contribution < 1.29 is 0 Å². The zero-order chi connectivity index (χ0) is 13.8. The van der Waals surface area contributed by atoms with Crippen LogP contribution in [-0.4, -0.2) is 13.6 Å². The third kappa shape index (κ3) is 3.74. The Hall–Kier alpha value is -1.48. The molecule has 0 saturated carbocycles. The summed E-state index contributed by atoms with van der Waals surface area (Å²) in [4.78, 5) is 2.20. The summed E-state index contributed by atoms with van der Waals surface area (Å²) in [5.74, 6) is 0. The predicted molar refractivity (Wildman–Crippen MR) is 86.7 cm³/mol. The standard InChI is InChI=1S/C16H19BrN2/c1-12-3-5-13(6-4-12)9-10-19(2)16-8-7-14(17)11-15(16)18/h3-8,11H,9-10,18H2,1-2H3. The number of nitrogens with two attached hydrogens (primary N) is 1. The van der Waals surface area contributed by atoms with Gasteiger partial charge in [-0.3, -0.25) is 0 Å². The molecule has 3 heteroatoms. The van der Waals surface area contributed by atoms with Crippen molar-refractivity contribution in [1.82, 2.24) is 0 Å². The second-order valence-corrected chi connectivity index (χ2v) is 5.78. The van der Waals surface area contributed by atoms with Crippen LogP contribution in [-0.2, 0) is 6.42 Å². The summed E-state index contributed by atoms with van der Waals surface area (Å²) in [5, 5.41) is 0. The zero-order valence-electron chi connectivity index (χ0n) is 11.4. The molecule has 0 radical (unpaired) electrons. The lowest BCUT2D eigenvalue weighted by molar-refractivity contribution is 0.877. The minimum absolute atomic E-state index is 0.806. The van der Waals surface area contributed by atoms with Gasteiger partial charge in [0.05, 0.1) is 11.4 Å². The number of nitrogens with zero attached hydrogens (tertiary/aromatic N) is 1. The Balaban J connectivity index is 2.01. The van der Waals surface area contributed by atoms with Crippen LogP contribution in [0.3, 0.4) is 0 Å². The Morgan fingerprint density at radius 2 is 1.79 bits per heavy atom. The minimum Gasteiger partial charge on any atom is -0.397 e. The van der Waals surface area contributed by atoms with Crippen molar-refractivity contribution in [2.24, 2.45) is 0 Å². The first kappa shape index (κ1) is 13.9.